The summed E-state index contributed by atoms with van der Waals surface area (Å²) in [6, 6.07) is 4.72. The van der Waals surface area contributed by atoms with Gasteiger partial charge in [-0.2, -0.15) is 0 Å². The van der Waals surface area contributed by atoms with Gasteiger partial charge in [0.2, 0.25) is 0 Å². The maximum absolute atomic E-state index is 12.1. The van der Waals surface area contributed by atoms with Crippen LogP contribution in [-0.4, -0.2) is 34.8 Å². The molecule has 1 aromatic carbocycles. The molecule has 2 aromatic rings. The molecule has 130 valence electrons. The maximum atomic E-state index is 12.1. The van der Waals surface area contributed by atoms with Crippen molar-refractivity contribution in [3.05, 3.63) is 24.0 Å². The molecule has 1 fully saturated rings. The summed E-state index contributed by atoms with van der Waals surface area (Å²) in [6.45, 7) is 7.14. The van der Waals surface area contributed by atoms with Crippen LogP contribution in [0.25, 0.3) is 11.0 Å². The molecule has 6 nitrogen and oxygen atoms in total. The number of benzene rings is 1. The minimum atomic E-state index is -3.85. The normalized spacial score (nSPS) is 15.8. The summed E-state index contributed by atoms with van der Waals surface area (Å²) >= 11 is 0. The molecule has 1 aliphatic rings. The summed E-state index contributed by atoms with van der Waals surface area (Å²) in [5.74, 6) is -0.672. The lowest BCUT2D eigenvalue weighted by Crippen LogP contribution is -2.19. The van der Waals surface area contributed by atoms with Gasteiger partial charge in [-0.3, -0.25) is 4.79 Å². The van der Waals surface area contributed by atoms with Crippen LogP contribution in [-0.2, 0) is 26.6 Å². The lowest BCUT2D eigenvalue weighted by molar-refractivity contribution is -0.134. The maximum Gasteiger partial charge on any atom is 0.319 e. The first-order valence-corrected chi connectivity index (χ1v) is 9.68. The van der Waals surface area contributed by atoms with Gasteiger partial charge in [-0.25, -0.2) is 13.4 Å². The number of nitrogens with zero attached hydrogens (tertiary/aromatic N) is 2. The number of hydrogen-bond donors (Lipinski definition) is 1. The topological polar surface area (TPSA) is 89.3 Å². The monoisotopic (exact) mass is 350 g/mol. The first-order valence-electron chi connectivity index (χ1n) is 8.03. The Morgan fingerprint density at radius 1 is 1.33 bits per heavy atom. The van der Waals surface area contributed by atoms with E-state index in [9.17, 15) is 13.2 Å². The van der Waals surface area contributed by atoms with Gasteiger partial charge in [-0.1, -0.05) is 20.8 Å². The highest BCUT2D eigenvalue weighted by Gasteiger charge is 2.29. The molecule has 1 N–H and O–H groups in total. The van der Waals surface area contributed by atoms with E-state index in [4.69, 9.17) is 5.11 Å². The van der Waals surface area contributed by atoms with E-state index >= 15 is 0 Å². The third-order valence-electron chi connectivity index (χ3n) is 4.20. The van der Waals surface area contributed by atoms with Crippen molar-refractivity contribution in [3.8, 4) is 0 Å². The molecule has 0 bridgehead atoms. The predicted molar refractivity (Wildman–Crippen MR) is 90.8 cm³/mol. The zero-order valence-electron chi connectivity index (χ0n) is 14.1. The summed E-state index contributed by atoms with van der Waals surface area (Å²) in [6.07, 6.45) is 2.43. The Hall–Kier alpha value is -1.89. The smallest absolute Gasteiger partial charge is 0.319 e. The number of aliphatic carboxylic acids is 1. The Bertz CT molecular complexity index is 903. The van der Waals surface area contributed by atoms with Gasteiger partial charge in [0.05, 0.1) is 15.9 Å². The first kappa shape index (κ1) is 17.0. The van der Waals surface area contributed by atoms with E-state index < -0.39 is 21.6 Å². The van der Waals surface area contributed by atoms with Gasteiger partial charge in [0.1, 0.15) is 5.82 Å². The van der Waals surface area contributed by atoms with E-state index in [2.05, 4.69) is 30.3 Å². The molecule has 0 radical (unpaired) electrons. The molecule has 7 heteroatoms. The highest BCUT2D eigenvalue weighted by molar-refractivity contribution is 7.92. The van der Waals surface area contributed by atoms with Crippen LogP contribution in [0.4, 0.5) is 0 Å². The molecule has 0 amide bonds. The third-order valence-corrected chi connectivity index (χ3v) is 5.80. The van der Waals surface area contributed by atoms with Gasteiger partial charge in [-0.05, 0) is 37.0 Å². The van der Waals surface area contributed by atoms with Crippen LogP contribution in [0.2, 0.25) is 0 Å². The standard InChI is InChI=1S/C17H22N2O4S/c1-17(2,3)16-18-13-8-12(24(22,23)10-15(20)21)6-7-14(13)19(16)9-11-4-5-11/h6-8,11H,4-5,9-10H2,1-3H3,(H,20,21). The predicted octanol–water partition coefficient (Wildman–Crippen LogP) is 2.60. The van der Waals surface area contributed by atoms with Crippen molar-refractivity contribution in [1.82, 2.24) is 9.55 Å². The lowest BCUT2D eigenvalue weighted by Gasteiger charge is -2.20. The molecule has 24 heavy (non-hydrogen) atoms. The number of imidazole rings is 1. The minimum absolute atomic E-state index is 0.00827. The van der Waals surface area contributed by atoms with Gasteiger partial charge in [0.25, 0.3) is 0 Å². The van der Waals surface area contributed by atoms with E-state index in [1.54, 1.807) is 6.07 Å². The molecule has 0 spiro atoms. The zero-order chi connectivity index (χ0) is 17.7. The molecule has 0 unspecified atom stereocenters. The molecule has 1 aromatic heterocycles. The quantitative estimate of drug-likeness (QED) is 0.895. The number of carbonyl (C=O) groups is 1. The van der Waals surface area contributed by atoms with Gasteiger partial charge in [0.15, 0.2) is 15.6 Å². The number of rotatable bonds is 5. The van der Waals surface area contributed by atoms with Crippen LogP contribution in [0.15, 0.2) is 23.1 Å². The van der Waals surface area contributed by atoms with Gasteiger partial charge in [0, 0.05) is 12.0 Å². The Morgan fingerprint density at radius 2 is 2.00 bits per heavy atom. The average Bonchev–Trinajstić information content (AvgIpc) is 3.16. The summed E-state index contributed by atoms with van der Waals surface area (Å²) in [5.41, 5.74) is 1.35. The molecule has 0 aliphatic heterocycles. The van der Waals surface area contributed by atoms with Crippen molar-refractivity contribution < 1.29 is 18.3 Å². The SMILES string of the molecule is CC(C)(C)c1nc2cc(S(=O)(=O)CC(=O)O)ccc2n1CC1CC1. The van der Waals surface area contributed by atoms with Crippen LogP contribution >= 0.6 is 0 Å². The number of hydrogen-bond acceptors (Lipinski definition) is 4. The number of sulfone groups is 1. The van der Waals surface area contributed by atoms with Crippen LogP contribution in [0.1, 0.15) is 39.4 Å². The highest BCUT2D eigenvalue weighted by Crippen LogP contribution is 2.35. The fourth-order valence-corrected chi connectivity index (χ4v) is 3.92. The second-order valence-electron chi connectivity index (χ2n) is 7.54. The average molecular weight is 350 g/mol. The summed E-state index contributed by atoms with van der Waals surface area (Å²) < 4.78 is 26.5. The fraction of sp³-hybridized carbons (Fsp3) is 0.529. The molecular formula is C17H22N2O4S. The molecule has 1 saturated carbocycles. The second-order valence-corrected chi connectivity index (χ2v) is 9.53. The largest absolute Gasteiger partial charge is 0.480 e. The number of fused-ring (bicyclic) bond motifs is 1. The molecule has 0 atom stereocenters. The van der Waals surface area contributed by atoms with Crippen molar-refractivity contribution in [3.63, 3.8) is 0 Å². The number of carboxylic acids is 1. The number of carboxylic acid groups (broad SMARTS) is 1. The summed E-state index contributed by atoms with van der Waals surface area (Å²) in [5, 5.41) is 8.79. The van der Waals surface area contributed by atoms with Crippen molar-refractivity contribution >= 4 is 26.8 Å². The van der Waals surface area contributed by atoms with E-state index in [0.717, 1.165) is 17.9 Å². The zero-order valence-corrected chi connectivity index (χ0v) is 14.9. The Morgan fingerprint density at radius 3 is 2.54 bits per heavy atom. The molecule has 1 heterocycles. The lowest BCUT2D eigenvalue weighted by atomic mass is 9.95. The fourth-order valence-electron chi connectivity index (χ4n) is 2.86. The summed E-state index contributed by atoms with van der Waals surface area (Å²) in [7, 11) is -3.85. The van der Waals surface area contributed by atoms with Crippen LogP contribution < -0.4 is 0 Å². The van der Waals surface area contributed by atoms with Crippen molar-refractivity contribution in [2.24, 2.45) is 5.92 Å². The molecule has 1 aliphatic carbocycles. The molecule has 0 saturated heterocycles. The molecular weight excluding hydrogens is 328 g/mol. The van der Waals surface area contributed by atoms with E-state index in [1.165, 1.54) is 25.0 Å². The third kappa shape index (κ3) is 3.31. The highest BCUT2D eigenvalue weighted by atomic mass is 32.2. The Labute approximate surface area is 141 Å². The van der Waals surface area contributed by atoms with Crippen LogP contribution in [0, 0.1) is 5.92 Å². The minimum Gasteiger partial charge on any atom is -0.480 e. The second kappa shape index (κ2) is 5.58. The van der Waals surface area contributed by atoms with Gasteiger partial charge < -0.3 is 9.67 Å². The Balaban J connectivity index is 2.12. The van der Waals surface area contributed by atoms with Crippen LogP contribution in [0.3, 0.4) is 0 Å². The van der Waals surface area contributed by atoms with E-state index in [-0.39, 0.29) is 10.3 Å². The van der Waals surface area contributed by atoms with Gasteiger partial charge >= 0.3 is 5.97 Å². The van der Waals surface area contributed by atoms with Crippen molar-refractivity contribution in [2.75, 3.05) is 5.75 Å². The molecule has 3 rings (SSSR count). The summed E-state index contributed by atoms with van der Waals surface area (Å²) in [4.78, 5) is 15.4. The van der Waals surface area contributed by atoms with Crippen molar-refractivity contribution in [2.45, 2.75) is 50.5 Å². The van der Waals surface area contributed by atoms with Crippen LogP contribution in [0.5, 0.6) is 0 Å². The van der Waals surface area contributed by atoms with E-state index in [1.807, 2.05) is 0 Å². The first-order chi connectivity index (χ1) is 11.1. The van der Waals surface area contributed by atoms with Gasteiger partial charge in [-0.15, -0.1) is 0 Å². The number of aromatic nitrogens is 2. The van der Waals surface area contributed by atoms with Crippen molar-refractivity contribution in [1.29, 1.82) is 0 Å². The Kier molecular flexibility index (Phi) is 3.94. The van der Waals surface area contributed by atoms with E-state index in [0.29, 0.717) is 11.4 Å².